The van der Waals surface area contributed by atoms with Crippen molar-refractivity contribution in [1.82, 2.24) is 10.1 Å². The number of aromatic nitrogens is 1. The van der Waals surface area contributed by atoms with Gasteiger partial charge in [0.05, 0.1) is 0 Å². The van der Waals surface area contributed by atoms with Crippen molar-refractivity contribution in [2.75, 3.05) is 24.5 Å². The van der Waals surface area contributed by atoms with Crippen LogP contribution in [0.15, 0.2) is 53.1 Å². The molecule has 0 unspecified atom stereocenters. The molecule has 1 saturated heterocycles. The van der Waals surface area contributed by atoms with Crippen LogP contribution in [0.3, 0.4) is 0 Å². The number of nitrogens with zero attached hydrogens (tertiary/aromatic N) is 3. The molecular formula is C25H26FN3O2. The summed E-state index contributed by atoms with van der Waals surface area (Å²) in [5.41, 5.74) is 4.38. The Morgan fingerprint density at radius 2 is 1.94 bits per heavy atom. The van der Waals surface area contributed by atoms with Crippen LogP contribution in [0.2, 0.25) is 0 Å². The van der Waals surface area contributed by atoms with Crippen LogP contribution >= 0.6 is 0 Å². The molecular weight excluding hydrogens is 393 g/mol. The van der Waals surface area contributed by atoms with Crippen LogP contribution in [-0.2, 0) is 12.0 Å². The molecule has 0 atom stereocenters. The molecule has 0 saturated carbocycles. The quantitative estimate of drug-likeness (QED) is 0.621. The summed E-state index contributed by atoms with van der Waals surface area (Å²) in [7, 11) is 0. The number of fused-ring (bicyclic) bond motifs is 2. The fraction of sp³-hybridized carbons (Fsp3) is 0.360. The predicted octanol–water partition coefficient (Wildman–Crippen LogP) is 4.62. The normalized spacial score (nSPS) is 17.8. The van der Waals surface area contributed by atoms with E-state index < -0.39 is 0 Å². The number of anilines is 1. The zero-order valence-corrected chi connectivity index (χ0v) is 17.9. The lowest BCUT2D eigenvalue weighted by atomic mass is 9.74. The molecule has 2 aliphatic rings. The highest BCUT2D eigenvalue weighted by molar-refractivity contribution is 6.06. The number of benzene rings is 2. The Hall–Kier alpha value is -2.99. The number of rotatable bonds is 3. The van der Waals surface area contributed by atoms with Crippen molar-refractivity contribution in [2.45, 2.75) is 38.6 Å². The van der Waals surface area contributed by atoms with Crippen LogP contribution in [0.5, 0.6) is 0 Å². The number of carbonyl (C=O) groups is 1. The van der Waals surface area contributed by atoms with E-state index in [0.29, 0.717) is 18.0 Å². The van der Waals surface area contributed by atoms with E-state index in [1.807, 2.05) is 0 Å². The van der Waals surface area contributed by atoms with E-state index in [4.69, 9.17) is 4.52 Å². The Kier molecular flexibility index (Phi) is 4.89. The minimum atomic E-state index is -0.258. The first kappa shape index (κ1) is 19.9. The number of halogens is 1. The molecule has 160 valence electrons. The molecule has 0 aliphatic carbocycles. The lowest BCUT2D eigenvalue weighted by Crippen LogP contribution is -2.45. The lowest BCUT2D eigenvalue weighted by molar-refractivity contribution is 0.0967. The van der Waals surface area contributed by atoms with E-state index in [1.54, 1.807) is 30.0 Å². The van der Waals surface area contributed by atoms with Crippen LogP contribution in [0, 0.1) is 19.7 Å². The van der Waals surface area contributed by atoms with Crippen LogP contribution in [0.1, 0.15) is 45.8 Å². The number of hydrogen-bond acceptors (Lipinski definition) is 4. The first-order valence-corrected chi connectivity index (χ1v) is 10.8. The van der Waals surface area contributed by atoms with Crippen LogP contribution in [0.4, 0.5) is 10.1 Å². The van der Waals surface area contributed by atoms with E-state index in [9.17, 15) is 9.18 Å². The summed E-state index contributed by atoms with van der Waals surface area (Å²) in [5, 5.41) is 3.90. The molecule has 0 N–H and O–H groups in total. The van der Waals surface area contributed by atoms with Gasteiger partial charge in [-0.15, -0.1) is 0 Å². The molecule has 3 heterocycles. The molecule has 3 aromatic rings. The highest BCUT2D eigenvalue weighted by atomic mass is 19.1. The Bertz CT molecular complexity index is 1130. The molecule has 31 heavy (non-hydrogen) atoms. The van der Waals surface area contributed by atoms with Gasteiger partial charge >= 0.3 is 0 Å². The van der Waals surface area contributed by atoms with E-state index in [1.165, 1.54) is 17.2 Å². The van der Waals surface area contributed by atoms with Crippen molar-refractivity contribution in [2.24, 2.45) is 0 Å². The van der Waals surface area contributed by atoms with Crippen molar-refractivity contribution in [3.63, 3.8) is 0 Å². The predicted molar refractivity (Wildman–Crippen MR) is 117 cm³/mol. The molecule has 0 radical (unpaired) electrons. The van der Waals surface area contributed by atoms with Crippen molar-refractivity contribution >= 4 is 11.6 Å². The highest BCUT2D eigenvalue weighted by Crippen LogP contribution is 2.47. The van der Waals surface area contributed by atoms with Gasteiger partial charge in [-0.1, -0.05) is 35.0 Å². The Morgan fingerprint density at radius 1 is 1.13 bits per heavy atom. The summed E-state index contributed by atoms with van der Waals surface area (Å²) in [4.78, 5) is 17.4. The van der Waals surface area contributed by atoms with Crippen molar-refractivity contribution in [1.29, 1.82) is 0 Å². The van der Waals surface area contributed by atoms with Gasteiger partial charge in [0.1, 0.15) is 11.6 Å². The Balaban J connectivity index is 1.38. The molecule has 2 aromatic carbocycles. The molecule has 0 bridgehead atoms. The van der Waals surface area contributed by atoms with Crippen LogP contribution in [0.25, 0.3) is 0 Å². The third-order valence-electron chi connectivity index (χ3n) is 6.68. The third-order valence-corrected chi connectivity index (χ3v) is 6.68. The summed E-state index contributed by atoms with van der Waals surface area (Å²) in [6.45, 7) is 7.16. The molecule has 1 aromatic heterocycles. The van der Waals surface area contributed by atoms with Crippen molar-refractivity contribution < 1.29 is 13.7 Å². The first-order chi connectivity index (χ1) is 14.9. The van der Waals surface area contributed by atoms with Gasteiger partial charge in [-0.2, -0.15) is 0 Å². The first-order valence-electron chi connectivity index (χ1n) is 10.8. The number of aryl methyl sites for hydroxylation is 2. The number of carbonyl (C=O) groups excluding carboxylic acids is 1. The van der Waals surface area contributed by atoms with Gasteiger partial charge in [-0.05, 0) is 69.1 Å². The number of piperidine rings is 1. The molecule has 1 spiro atoms. The number of hydrogen-bond donors (Lipinski definition) is 0. The monoisotopic (exact) mass is 419 g/mol. The minimum absolute atomic E-state index is 0.191. The second-order valence-corrected chi connectivity index (χ2v) is 8.92. The number of likely N-dealkylation sites (tertiary alicyclic amines) is 1. The van der Waals surface area contributed by atoms with E-state index >= 15 is 0 Å². The summed E-state index contributed by atoms with van der Waals surface area (Å²) >= 11 is 0. The topological polar surface area (TPSA) is 49.6 Å². The maximum atomic E-state index is 14.2. The Morgan fingerprint density at radius 3 is 2.65 bits per heavy atom. The van der Waals surface area contributed by atoms with E-state index in [2.05, 4.69) is 41.2 Å². The summed E-state index contributed by atoms with van der Waals surface area (Å²) < 4.78 is 19.3. The van der Waals surface area contributed by atoms with Gasteiger partial charge in [0, 0.05) is 30.3 Å². The van der Waals surface area contributed by atoms with Gasteiger partial charge in [0.2, 0.25) is 0 Å². The minimum Gasteiger partial charge on any atom is -0.361 e. The standard InChI is InChI=1S/C25H26FN3O2/c1-17-4-3-5-19(12-17)15-28-10-8-25(9-11-28)16-29(23-7-6-20(26)14-21(23)25)24(30)22-13-18(2)31-27-22/h3-7,12-14H,8-11,15-16H2,1-2H3. The lowest BCUT2D eigenvalue weighted by Gasteiger charge is -2.40. The van der Waals surface area contributed by atoms with Gasteiger partial charge in [0.25, 0.3) is 5.91 Å². The van der Waals surface area contributed by atoms with Crippen molar-refractivity contribution in [3.05, 3.63) is 82.5 Å². The molecule has 5 rings (SSSR count). The Labute approximate surface area is 181 Å². The van der Waals surface area contributed by atoms with Crippen LogP contribution < -0.4 is 4.90 Å². The maximum Gasteiger partial charge on any atom is 0.280 e. The molecule has 1 amide bonds. The fourth-order valence-corrected chi connectivity index (χ4v) is 5.06. The van der Waals surface area contributed by atoms with E-state index in [0.717, 1.165) is 43.7 Å². The maximum absolute atomic E-state index is 14.2. The molecule has 6 heteroatoms. The third kappa shape index (κ3) is 3.65. The van der Waals surface area contributed by atoms with Crippen LogP contribution in [-0.4, -0.2) is 35.6 Å². The summed E-state index contributed by atoms with van der Waals surface area (Å²) in [6.07, 6.45) is 1.77. The number of amides is 1. The molecule has 1 fully saturated rings. The smallest absolute Gasteiger partial charge is 0.280 e. The molecule has 2 aliphatic heterocycles. The fourth-order valence-electron chi connectivity index (χ4n) is 5.06. The zero-order valence-electron chi connectivity index (χ0n) is 17.9. The SMILES string of the molecule is Cc1cccc(CN2CCC3(CC2)CN(C(=O)c2cc(C)on2)c2ccc(F)cc23)c1. The van der Waals surface area contributed by atoms with Gasteiger partial charge in [-0.3, -0.25) is 9.69 Å². The average Bonchev–Trinajstić information content (AvgIpc) is 3.31. The average molecular weight is 420 g/mol. The van der Waals surface area contributed by atoms with Gasteiger partial charge in [0.15, 0.2) is 5.69 Å². The highest BCUT2D eigenvalue weighted by Gasteiger charge is 2.47. The molecule has 5 nitrogen and oxygen atoms in total. The second-order valence-electron chi connectivity index (χ2n) is 8.92. The van der Waals surface area contributed by atoms with Gasteiger partial charge < -0.3 is 9.42 Å². The van der Waals surface area contributed by atoms with Crippen molar-refractivity contribution in [3.8, 4) is 0 Å². The summed E-state index contributed by atoms with van der Waals surface area (Å²) in [6, 6.07) is 15.0. The van der Waals surface area contributed by atoms with E-state index in [-0.39, 0.29) is 17.1 Å². The second kappa shape index (κ2) is 7.61. The van der Waals surface area contributed by atoms with Gasteiger partial charge in [-0.25, -0.2) is 4.39 Å². The zero-order chi connectivity index (χ0) is 21.6. The largest absolute Gasteiger partial charge is 0.361 e. The summed E-state index contributed by atoms with van der Waals surface area (Å²) in [5.74, 6) is 0.150.